The lowest BCUT2D eigenvalue weighted by Crippen LogP contribution is -2.41. The molecule has 0 bridgehead atoms. The highest BCUT2D eigenvalue weighted by atomic mass is 16.5. The van der Waals surface area contributed by atoms with Gasteiger partial charge in [0.2, 0.25) is 0 Å². The van der Waals surface area contributed by atoms with Gasteiger partial charge in [-0.3, -0.25) is 4.90 Å². The first-order valence-corrected chi connectivity index (χ1v) is 6.39. The fourth-order valence-corrected chi connectivity index (χ4v) is 3.08. The van der Waals surface area contributed by atoms with E-state index in [0.29, 0.717) is 5.41 Å². The monoisotopic (exact) mass is 211 g/mol. The summed E-state index contributed by atoms with van der Waals surface area (Å²) in [7, 11) is 0. The van der Waals surface area contributed by atoms with Gasteiger partial charge in [0.1, 0.15) is 0 Å². The summed E-state index contributed by atoms with van der Waals surface area (Å²) in [5.74, 6) is 0.799. The number of hydrogen-bond acceptors (Lipinski definition) is 2. The van der Waals surface area contributed by atoms with Gasteiger partial charge in [0, 0.05) is 19.2 Å². The summed E-state index contributed by atoms with van der Waals surface area (Å²) in [6.45, 7) is 11.7. The zero-order chi connectivity index (χ0) is 10.9. The van der Waals surface area contributed by atoms with E-state index in [2.05, 4.69) is 25.7 Å². The minimum atomic E-state index is 0.440. The molecule has 2 rings (SSSR count). The van der Waals surface area contributed by atoms with Crippen LogP contribution in [-0.4, -0.2) is 37.2 Å². The van der Waals surface area contributed by atoms with E-state index in [1.54, 1.807) is 0 Å². The molecule has 2 aliphatic heterocycles. The standard InChI is InChI=1S/C13H25NO/c1-13(2,3)12-5-4-7-14(12)9-11-6-8-15-10-11/h11-12H,4-10H2,1-3H3. The second kappa shape index (κ2) is 4.42. The molecule has 0 N–H and O–H groups in total. The Hall–Kier alpha value is -0.0800. The van der Waals surface area contributed by atoms with Crippen LogP contribution in [0.4, 0.5) is 0 Å². The van der Waals surface area contributed by atoms with Crippen molar-refractivity contribution in [1.82, 2.24) is 4.90 Å². The Morgan fingerprint density at radius 3 is 2.67 bits per heavy atom. The van der Waals surface area contributed by atoms with E-state index in [9.17, 15) is 0 Å². The molecule has 2 heteroatoms. The van der Waals surface area contributed by atoms with Gasteiger partial charge in [0.05, 0.1) is 6.61 Å². The third kappa shape index (κ3) is 2.73. The van der Waals surface area contributed by atoms with Crippen molar-refractivity contribution in [1.29, 1.82) is 0 Å². The molecule has 0 saturated carbocycles. The lowest BCUT2D eigenvalue weighted by atomic mass is 9.85. The number of nitrogens with zero attached hydrogens (tertiary/aromatic N) is 1. The van der Waals surface area contributed by atoms with Gasteiger partial charge in [-0.15, -0.1) is 0 Å². The minimum Gasteiger partial charge on any atom is -0.381 e. The lowest BCUT2D eigenvalue weighted by molar-refractivity contribution is 0.113. The number of likely N-dealkylation sites (tertiary alicyclic amines) is 1. The Balaban J connectivity index is 1.90. The molecule has 0 aromatic carbocycles. The van der Waals surface area contributed by atoms with Crippen LogP contribution in [0.1, 0.15) is 40.0 Å². The molecule has 0 amide bonds. The lowest BCUT2D eigenvalue weighted by Gasteiger charge is -2.36. The molecule has 0 aliphatic carbocycles. The zero-order valence-corrected chi connectivity index (χ0v) is 10.5. The molecule has 2 atom stereocenters. The van der Waals surface area contributed by atoms with Crippen LogP contribution < -0.4 is 0 Å². The molecule has 2 heterocycles. The average molecular weight is 211 g/mol. The second-order valence-electron chi connectivity index (χ2n) is 6.25. The van der Waals surface area contributed by atoms with Crippen LogP contribution in [0.3, 0.4) is 0 Å². The molecule has 2 saturated heterocycles. The van der Waals surface area contributed by atoms with Crippen LogP contribution in [-0.2, 0) is 4.74 Å². The van der Waals surface area contributed by atoms with Crippen molar-refractivity contribution in [2.45, 2.75) is 46.1 Å². The Morgan fingerprint density at radius 1 is 1.27 bits per heavy atom. The normalized spacial score (nSPS) is 33.8. The second-order valence-corrected chi connectivity index (χ2v) is 6.25. The van der Waals surface area contributed by atoms with Crippen LogP contribution in [0.5, 0.6) is 0 Å². The van der Waals surface area contributed by atoms with Crippen molar-refractivity contribution in [3.05, 3.63) is 0 Å². The van der Waals surface area contributed by atoms with Crippen LogP contribution in [0, 0.1) is 11.3 Å². The van der Waals surface area contributed by atoms with E-state index in [-0.39, 0.29) is 0 Å². The Bertz CT molecular complexity index is 203. The van der Waals surface area contributed by atoms with Gasteiger partial charge in [-0.1, -0.05) is 20.8 Å². The van der Waals surface area contributed by atoms with Gasteiger partial charge in [0.25, 0.3) is 0 Å². The van der Waals surface area contributed by atoms with Crippen molar-refractivity contribution in [3.63, 3.8) is 0 Å². The Kier molecular flexibility index (Phi) is 3.36. The predicted octanol–water partition coefficient (Wildman–Crippen LogP) is 2.53. The summed E-state index contributed by atoms with van der Waals surface area (Å²) in [6.07, 6.45) is 4.04. The molecule has 2 nitrogen and oxygen atoms in total. The molecule has 0 spiro atoms. The van der Waals surface area contributed by atoms with E-state index in [0.717, 1.165) is 25.2 Å². The van der Waals surface area contributed by atoms with Crippen molar-refractivity contribution >= 4 is 0 Å². The summed E-state index contributed by atoms with van der Waals surface area (Å²) in [5.41, 5.74) is 0.440. The molecule has 2 fully saturated rings. The largest absolute Gasteiger partial charge is 0.381 e. The molecule has 0 radical (unpaired) electrons. The van der Waals surface area contributed by atoms with Crippen LogP contribution >= 0.6 is 0 Å². The van der Waals surface area contributed by atoms with Gasteiger partial charge in [-0.2, -0.15) is 0 Å². The number of ether oxygens (including phenoxy) is 1. The summed E-state index contributed by atoms with van der Waals surface area (Å²) >= 11 is 0. The van der Waals surface area contributed by atoms with E-state index < -0.39 is 0 Å². The summed E-state index contributed by atoms with van der Waals surface area (Å²) in [5, 5.41) is 0. The van der Waals surface area contributed by atoms with Gasteiger partial charge >= 0.3 is 0 Å². The SMILES string of the molecule is CC(C)(C)C1CCCN1CC1CCOC1. The topological polar surface area (TPSA) is 12.5 Å². The first kappa shape index (κ1) is 11.4. The van der Waals surface area contributed by atoms with E-state index in [1.807, 2.05) is 0 Å². The summed E-state index contributed by atoms with van der Waals surface area (Å²) in [6, 6.07) is 0.790. The fourth-order valence-electron chi connectivity index (χ4n) is 3.08. The van der Waals surface area contributed by atoms with Gasteiger partial charge < -0.3 is 4.74 Å². The summed E-state index contributed by atoms with van der Waals surface area (Å²) < 4.78 is 5.46. The van der Waals surface area contributed by atoms with E-state index in [4.69, 9.17) is 4.74 Å². The third-order valence-electron chi connectivity index (χ3n) is 3.88. The minimum absolute atomic E-state index is 0.440. The average Bonchev–Trinajstić information content (AvgIpc) is 2.73. The smallest absolute Gasteiger partial charge is 0.0507 e. The number of rotatable bonds is 2. The van der Waals surface area contributed by atoms with Crippen LogP contribution in [0.2, 0.25) is 0 Å². The highest BCUT2D eigenvalue weighted by Gasteiger charge is 2.35. The summed E-state index contributed by atoms with van der Waals surface area (Å²) in [4.78, 5) is 2.71. The first-order valence-electron chi connectivity index (χ1n) is 6.39. The maximum Gasteiger partial charge on any atom is 0.0507 e. The van der Waals surface area contributed by atoms with E-state index >= 15 is 0 Å². The van der Waals surface area contributed by atoms with Gasteiger partial charge in [-0.25, -0.2) is 0 Å². The van der Waals surface area contributed by atoms with Crippen molar-refractivity contribution in [3.8, 4) is 0 Å². The highest BCUT2D eigenvalue weighted by molar-refractivity contribution is 4.89. The maximum atomic E-state index is 5.46. The number of hydrogen-bond donors (Lipinski definition) is 0. The molecular weight excluding hydrogens is 186 g/mol. The van der Waals surface area contributed by atoms with Crippen molar-refractivity contribution < 1.29 is 4.74 Å². The predicted molar refractivity (Wildman–Crippen MR) is 63.0 cm³/mol. The zero-order valence-electron chi connectivity index (χ0n) is 10.5. The highest BCUT2D eigenvalue weighted by Crippen LogP contribution is 2.33. The van der Waals surface area contributed by atoms with Crippen LogP contribution in [0.15, 0.2) is 0 Å². The van der Waals surface area contributed by atoms with Crippen LogP contribution in [0.25, 0.3) is 0 Å². The Labute approximate surface area is 94.0 Å². The Morgan fingerprint density at radius 2 is 2.07 bits per heavy atom. The first-order chi connectivity index (χ1) is 7.07. The molecular formula is C13H25NO. The van der Waals surface area contributed by atoms with Crippen molar-refractivity contribution in [2.24, 2.45) is 11.3 Å². The maximum absolute atomic E-state index is 5.46. The quantitative estimate of drug-likeness (QED) is 0.696. The van der Waals surface area contributed by atoms with E-state index in [1.165, 1.54) is 32.4 Å². The third-order valence-corrected chi connectivity index (χ3v) is 3.88. The molecule has 2 unspecified atom stereocenters. The van der Waals surface area contributed by atoms with Gasteiger partial charge in [0.15, 0.2) is 0 Å². The molecule has 0 aromatic rings. The van der Waals surface area contributed by atoms with Crippen molar-refractivity contribution in [2.75, 3.05) is 26.3 Å². The fraction of sp³-hybridized carbons (Fsp3) is 1.00. The van der Waals surface area contributed by atoms with Gasteiger partial charge in [-0.05, 0) is 37.1 Å². The molecule has 88 valence electrons. The molecule has 2 aliphatic rings. The molecule has 0 aromatic heterocycles. The molecule has 15 heavy (non-hydrogen) atoms.